The second kappa shape index (κ2) is 7.82. The van der Waals surface area contributed by atoms with Gasteiger partial charge in [0.05, 0.1) is 17.0 Å². The molecule has 0 atom stereocenters. The van der Waals surface area contributed by atoms with Gasteiger partial charge in [-0.2, -0.15) is 5.10 Å². The van der Waals surface area contributed by atoms with Crippen LogP contribution in [0.5, 0.6) is 0 Å². The molecule has 0 spiro atoms. The van der Waals surface area contributed by atoms with Gasteiger partial charge in [-0.05, 0) is 38.5 Å². The molecule has 7 nitrogen and oxygen atoms in total. The van der Waals surface area contributed by atoms with E-state index in [1.165, 1.54) is 7.11 Å². The van der Waals surface area contributed by atoms with Gasteiger partial charge in [0.2, 0.25) is 5.91 Å². The molecule has 0 aliphatic heterocycles. The molecule has 1 amide bonds. The summed E-state index contributed by atoms with van der Waals surface area (Å²) < 4.78 is 12.1. The van der Waals surface area contributed by atoms with E-state index in [1.807, 2.05) is 30.9 Å². The Morgan fingerprint density at radius 3 is 2.80 bits per heavy atom. The van der Waals surface area contributed by atoms with Crippen molar-refractivity contribution in [1.29, 1.82) is 0 Å². The Hall–Kier alpha value is -2.15. The molecule has 0 saturated heterocycles. The van der Waals surface area contributed by atoms with E-state index in [1.54, 1.807) is 0 Å². The molecule has 0 radical (unpaired) electrons. The monoisotopic (exact) mass is 346 g/mol. The third kappa shape index (κ3) is 4.28. The first kappa shape index (κ1) is 17.7. The Balaban J connectivity index is 1.61. The number of carbonyl (C=O) groups excluding carboxylic acids is 1. The largest absolute Gasteiger partial charge is 0.375 e. The molecule has 2 heterocycles. The molecule has 7 heteroatoms. The first-order chi connectivity index (χ1) is 12.1. The predicted molar refractivity (Wildman–Crippen MR) is 93.0 cm³/mol. The van der Waals surface area contributed by atoms with Crippen LogP contribution in [-0.4, -0.2) is 41.1 Å². The van der Waals surface area contributed by atoms with E-state index in [9.17, 15) is 4.79 Å². The minimum absolute atomic E-state index is 0.0441. The average molecular weight is 346 g/mol. The quantitative estimate of drug-likeness (QED) is 0.868. The molecule has 136 valence electrons. The summed E-state index contributed by atoms with van der Waals surface area (Å²) >= 11 is 0. The molecule has 2 aromatic heterocycles. The van der Waals surface area contributed by atoms with E-state index in [4.69, 9.17) is 9.26 Å². The van der Waals surface area contributed by atoms with Gasteiger partial charge in [0.1, 0.15) is 6.61 Å². The molecule has 1 aliphatic carbocycles. The molecule has 2 aromatic rings. The zero-order valence-corrected chi connectivity index (χ0v) is 15.1. The SMILES string of the molecule is COCC(=O)NCC1CCC(c2nn(C)cc2-c2cc(C)no2)CC1. The van der Waals surface area contributed by atoms with Crippen molar-refractivity contribution in [1.82, 2.24) is 20.3 Å². The average Bonchev–Trinajstić information content (AvgIpc) is 3.19. The number of nitrogens with zero attached hydrogens (tertiary/aromatic N) is 3. The maximum atomic E-state index is 11.5. The van der Waals surface area contributed by atoms with Crippen molar-refractivity contribution in [3.63, 3.8) is 0 Å². The number of methoxy groups -OCH3 is 1. The highest BCUT2D eigenvalue weighted by molar-refractivity contribution is 5.77. The van der Waals surface area contributed by atoms with Crippen molar-refractivity contribution >= 4 is 5.91 Å². The highest BCUT2D eigenvalue weighted by Gasteiger charge is 2.27. The van der Waals surface area contributed by atoms with Crippen LogP contribution in [-0.2, 0) is 16.6 Å². The summed E-state index contributed by atoms with van der Waals surface area (Å²) in [5.41, 5.74) is 3.01. The first-order valence-electron chi connectivity index (χ1n) is 8.79. The first-order valence-corrected chi connectivity index (χ1v) is 8.79. The van der Waals surface area contributed by atoms with Crippen molar-refractivity contribution < 1.29 is 14.1 Å². The molecule has 1 N–H and O–H groups in total. The van der Waals surface area contributed by atoms with E-state index in [-0.39, 0.29) is 12.5 Å². The fraction of sp³-hybridized carbons (Fsp3) is 0.611. The molecular weight excluding hydrogens is 320 g/mol. The van der Waals surface area contributed by atoms with E-state index in [2.05, 4.69) is 15.6 Å². The summed E-state index contributed by atoms with van der Waals surface area (Å²) in [7, 11) is 3.47. The number of rotatable bonds is 6. The van der Waals surface area contributed by atoms with Crippen molar-refractivity contribution in [2.45, 2.75) is 38.5 Å². The minimum atomic E-state index is -0.0441. The number of amides is 1. The zero-order chi connectivity index (χ0) is 17.8. The van der Waals surface area contributed by atoms with Crippen molar-refractivity contribution in [2.24, 2.45) is 13.0 Å². The molecule has 0 unspecified atom stereocenters. The summed E-state index contributed by atoms with van der Waals surface area (Å²) in [5, 5.41) is 11.6. The lowest BCUT2D eigenvalue weighted by molar-refractivity contribution is -0.124. The highest BCUT2D eigenvalue weighted by atomic mass is 16.5. The van der Waals surface area contributed by atoms with Gasteiger partial charge >= 0.3 is 0 Å². The Bertz CT molecular complexity index is 714. The lowest BCUT2D eigenvalue weighted by Gasteiger charge is -2.28. The third-order valence-corrected chi connectivity index (χ3v) is 4.85. The van der Waals surface area contributed by atoms with E-state index in [0.717, 1.165) is 54.9 Å². The van der Waals surface area contributed by atoms with Crippen LogP contribution < -0.4 is 5.32 Å². The Labute approximate surface area is 147 Å². The van der Waals surface area contributed by atoms with Crippen molar-refractivity contribution in [3.05, 3.63) is 23.7 Å². The fourth-order valence-electron chi connectivity index (χ4n) is 3.57. The van der Waals surface area contributed by atoms with Crippen LogP contribution in [0.2, 0.25) is 0 Å². The summed E-state index contributed by atoms with van der Waals surface area (Å²) in [6.45, 7) is 2.78. The van der Waals surface area contributed by atoms with Crippen LogP contribution in [0.1, 0.15) is 43.0 Å². The smallest absolute Gasteiger partial charge is 0.245 e. The van der Waals surface area contributed by atoms with Gasteiger partial charge in [0.15, 0.2) is 5.76 Å². The van der Waals surface area contributed by atoms with Crippen molar-refractivity contribution in [3.8, 4) is 11.3 Å². The standard InChI is InChI=1S/C18H26N4O3/c1-12-8-16(25-21-12)15-10-22(2)20-18(15)14-6-4-13(5-7-14)9-19-17(23)11-24-3/h8,10,13-14H,4-7,9,11H2,1-3H3,(H,19,23). The second-order valence-corrected chi connectivity index (χ2v) is 6.89. The molecule has 1 aliphatic rings. The third-order valence-electron chi connectivity index (χ3n) is 4.85. The van der Waals surface area contributed by atoms with Crippen LogP contribution in [0.3, 0.4) is 0 Å². The maximum absolute atomic E-state index is 11.5. The lowest BCUT2D eigenvalue weighted by atomic mass is 9.79. The molecule has 1 saturated carbocycles. The normalized spacial score (nSPS) is 20.6. The number of hydrogen-bond acceptors (Lipinski definition) is 5. The van der Waals surface area contributed by atoms with Gasteiger partial charge < -0.3 is 14.6 Å². The summed E-state index contributed by atoms with van der Waals surface area (Å²) in [6, 6.07) is 1.96. The molecule has 0 aromatic carbocycles. The van der Waals surface area contributed by atoms with Gasteiger partial charge in [-0.25, -0.2) is 0 Å². The van der Waals surface area contributed by atoms with Crippen LogP contribution in [0.4, 0.5) is 0 Å². The van der Waals surface area contributed by atoms with Crippen LogP contribution >= 0.6 is 0 Å². The van der Waals surface area contributed by atoms with Crippen LogP contribution in [0.15, 0.2) is 16.8 Å². The Morgan fingerprint density at radius 2 is 2.16 bits per heavy atom. The molecule has 1 fully saturated rings. The van der Waals surface area contributed by atoms with Gasteiger partial charge in [-0.15, -0.1) is 0 Å². The molecule has 25 heavy (non-hydrogen) atoms. The van der Waals surface area contributed by atoms with E-state index < -0.39 is 0 Å². The van der Waals surface area contributed by atoms with Gasteiger partial charge in [0.25, 0.3) is 0 Å². The van der Waals surface area contributed by atoms with Gasteiger partial charge in [-0.1, -0.05) is 5.16 Å². The molecule has 0 bridgehead atoms. The highest BCUT2D eigenvalue weighted by Crippen LogP contribution is 2.39. The number of aryl methyl sites for hydroxylation is 2. The topological polar surface area (TPSA) is 82.2 Å². The van der Waals surface area contributed by atoms with Crippen LogP contribution in [0, 0.1) is 12.8 Å². The Morgan fingerprint density at radius 1 is 1.40 bits per heavy atom. The summed E-state index contributed by atoms with van der Waals surface area (Å²) in [5.74, 6) is 1.69. The molecule has 3 rings (SSSR count). The minimum Gasteiger partial charge on any atom is -0.375 e. The second-order valence-electron chi connectivity index (χ2n) is 6.89. The number of hydrogen-bond donors (Lipinski definition) is 1. The zero-order valence-electron chi connectivity index (χ0n) is 15.1. The predicted octanol–water partition coefficient (Wildman–Crippen LogP) is 2.42. The van der Waals surface area contributed by atoms with E-state index in [0.29, 0.717) is 11.8 Å². The number of ether oxygens (including phenoxy) is 1. The maximum Gasteiger partial charge on any atom is 0.245 e. The number of aromatic nitrogens is 3. The van der Waals surface area contributed by atoms with E-state index >= 15 is 0 Å². The number of carbonyl (C=O) groups is 1. The summed E-state index contributed by atoms with van der Waals surface area (Å²) in [6.07, 6.45) is 6.32. The van der Waals surface area contributed by atoms with Crippen molar-refractivity contribution in [2.75, 3.05) is 20.3 Å². The summed E-state index contributed by atoms with van der Waals surface area (Å²) in [4.78, 5) is 11.5. The number of nitrogens with one attached hydrogen (secondary N) is 1. The molecular formula is C18H26N4O3. The van der Waals surface area contributed by atoms with Crippen LogP contribution in [0.25, 0.3) is 11.3 Å². The van der Waals surface area contributed by atoms with Gasteiger partial charge in [0, 0.05) is 38.9 Å². The van der Waals surface area contributed by atoms with Gasteiger partial charge in [-0.3, -0.25) is 9.48 Å². The lowest BCUT2D eigenvalue weighted by Crippen LogP contribution is -2.33. The fourth-order valence-corrected chi connectivity index (χ4v) is 3.57. The Kier molecular flexibility index (Phi) is 5.53.